The molecule has 2 unspecified atom stereocenters. The number of amidine groups is 1. The summed E-state index contributed by atoms with van der Waals surface area (Å²) in [6.07, 6.45) is 1.33. The molecule has 2 atom stereocenters. The van der Waals surface area contributed by atoms with Gasteiger partial charge in [0.25, 0.3) is 5.91 Å². The highest BCUT2D eigenvalue weighted by Gasteiger charge is 2.48. The Morgan fingerprint density at radius 1 is 1.07 bits per heavy atom. The van der Waals surface area contributed by atoms with E-state index in [1.807, 2.05) is 18.2 Å². The van der Waals surface area contributed by atoms with E-state index in [9.17, 15) is 9.59 Å². The molecule has 3 amide bonds. The number of fused-ring (bicyclic) bond motifs is 1. The van der Waals surface area contributed by atoms with Crippen LogP contribution in [0.5, 0.6) is 0 Å². The number of aryl methyl sites for hydroxylation is 2. The van der Waals surface area contributed by atoms with Crippen molar-refractivity contribution in [3.05, 3.63) is 65.7 Å². The molecule has 0 radical (unpaired) electrons. The number of hydrogen-bond donors (Lipinski definition) is 1. The van der Waals surface area contributed by atoms with Crippen LogP contribution < -0.4 is 5.32 Å². The topological polar surface area (TPSA) is 65.0 Å². The number of hydrogen-bond acceptors (Lipinski definition) is 5. The molecule has 2 aliphatic heterocycles. The number of rotatable bonds is 5. The zero-order chi connectivity index (χ0) is 20.4. The van der Waals surface area contributed by atoms with Crippen molar-refractivity contribution in [1.29, 1.82) is 0 Å². The Bertz CT molecular complexity index is 930. The number of aliphatic imine (C=N–C) groups is 1. The van der Waals surface area contributed by atoms with Crippen molar-refractivity contribution in [2.24, 2.45) is 4.99 Å². The van der Waals surface area contributed by atoms with Crippen LogP contribution in [0.15, 0.2) is 64.5 Å². The largest absolute Gasteiger partial charge is 0.335 e. The number of carbonyl (C=O) groups excluding carboxylic acids is 2. The van der Waals surface area contributed by atoms with Gasteiger partial charge in [0.1, 0.15) is 0 Å². The van der Waals surface area contributed by atoms with Gasteiger partial charge in [-0.25, -0.2) is 9.79 Å². The monoisotopic (exact) mass is 408 g/mol. The molecule has 7 heteroatoms. The first-order chi connectivity index (χ1) is 14.0. The number of imide groups is 1. The number of carbonyl (C=O) groups is 2. The van der Waals surface area contributed by atoms with Gasteiger partial charge in [-0.15, -0.1) is 0 Å². The Morgan fingerprint density at radius 2 is 1.79 bits per heavy atom. The summed E-state index contributed by atoms with van der Waals surface area (Å²) < 4.78 is 0. The number of likely N-dealkylation sites (N-methyl/N-ethyl adjacent to an activating group) is 1. The van der Waals surface area contributed by atoms with Crippen LogP contribution in [0.1, 0.15) is 17.5 Å². The van der Waals surface area contributed by atoms with Gasteiger partial charge in [-0.05, 0) is 37.5 Å². The third-order valence-electron chi connectivity index (χ3n) is 5.26. The van der Waals surface area contributed by atoms with E-state index in [-0.39, 0.29) is 5.91 Å². The van der Waals surface area contributed by atoms with Crippen molar-refractivity contribution < 1.29 is 9.59 Å². The molecule has 1 N–H and O–H groups in total. The molecule has 0 aromatic heterocycles. The molecular formula is C22H24N4O2S. The smallest absolute Gasteiger partial charge is 0.325 e. The standard InChI is InChI=1S/C22H24N4O2S/c1-15-10-12-17(13-11-15)29-22-23-19-18(20(27)24-21(28)25(19)2)26(22)14-6-9-16-7-4-3-5-8-16/h3-5,7-8,10-13,18-19H,6,9,14H2,1-2H3,(H,24,27,28). The minimum Gasteiger partial charge on any atom is -0.335 e. The second-order valence-corrected chi connectivity index (χ2v) is 8.41. The van der Waals surface area contributed by atoms with Crippen molar-refractivity contribution in [3.8, 4) is 0 Å². The lowest BCUT2D eigenvalue weighted by Gasteiger charge is -2.36. The number of nitrogens with one attached hydrogen (secondary N) is 1. The van der Waals surface area contributed by atoms with E-state index in [1.54, 1.807) is 18.8 Å². The van der Waals surface area contributed by atoms with Crippen molar-refractivity contribution in [1.82, 2.24) is 15.1 Å². The van der Waals surface area contributed by atoms with Gasteiger partial charge in [-0.3, -0.25) is 10.1 Å². The van der Waals surface area contributed by atoms with Crippen LogP contribution in [-0.2, 0) is 11.2 Å². The highest BCUT2D eigenvalue weighted by atomic mass is 32.2. The first-order valence-electron chi connectivity index (χ1n) is 9.73. The highest BCUT2D eigenvalue weighted by molar-refractivity contribution is 8.13. The van der Waals surface area contributed by atoms with E-state index in [4.69, 9.17) is 4.99 Å². The van der Waals surface area contributed by atoms with E-state index in [1.165, 1.54) is 16.0 Å². The van der Waals surface area contributed by atoms with Crippen LogP contribution >= 0.6 is 11.8 Å². The fourth-order valence-corrected chi connectivity index (χ4v) is 4.60. The van der Waals surface area contributed by atoms with Crippen LogP contribution in [-0.4, -0.2) is 52.7 Å². The Kier molecular flexibility index (Phi) is 5.58. The van der Waals surface area contributed by atoms with E-state index >= 15 is 0 Å². The molecular weight excluding hydrogens is 384 g/mol. The Hall–Kier alpha value is -2.80. The van der Waals surface area contributed by atoms with Gasteiger partial charge in [0, 0.05) is 18.5 Å². The quantitative estimate of drug-likeness (QED) is 0.825. The van der Waals surface area contributed by atoms with Crippen LogP contribution in [0.3, 0.4) is 0 Å². The second-order valence-electron chi connectivity index (χ2n) is 7.37. The van der Waals surface area contributed by atoms with Gasteiger partial charge in [0.15, 0.2) is 17.4 Å². The Labute approximate surface area is 175 Å². The molecule has 150 valence electrons. The van der Waals surface area contributed by atoms with Crippen LogP contribution in [0, 0.1) is 6.92 Å². The SMILES string of the molecule is Cc1ccc(SC2=NC3C(C(=O)NC(=O)N3C)N2CCCc2ccccc2)cc1. The summed E-state index contributed by atoms with van der Waals surface area (Å²) in [7, 11) is 1.69. The summed E-state index contributed by atoms with van der Waals surface area (Å²) in [6, 6.07) is 17.7. The van der Waals surface area contributed by atoms with Gasteiger partial charge in [0.05, 0.1) is 0 Å². The number of benzene rings is 2. The van der Waals surface area contributed by atoms with Crippen LogP contribution in [0.2, 0.25) is 0 Å². The fraction of sp³-hybridized carbons (Fsp3) is 0.318. The summed E-state index contributed by atoms with van der Waals surface area (Å²) in [5.74, 6) is -0.277. The van der Waals surface area contributed by atoms with Crippen LogP contribution in [0.25, 0.3) is 0 Å². The van der Waals surface area contributed by atoms with Gasteiger partial charge in [0.2, 0.25) is 0 Å². The third-order valence-corrected chi connectivity index (χ3v) is 6.29. The minimum absolute atomic E-state index is 0.277. The zero-order valence-corrected chi connectivity index (χ0v) is 17.4. The first-order valence-corrected chi connectivity index (χ1v) is 10.5. The Morgan fingerprint density at radius 3 is 2.52 bits per heavy atom. The molecule has 2 aromatic rings. The molecule has 1 saturated heterocycles. The molecule has 2 aliphatic rings. The predicted octanol–water partition coefficient (Wildman–Crippen LogP) is 3.27. The average Bonchev–Trinajstić information content (AvgIpc) is 3.08. The van der Waals surface area contributed by atoms with E-state index < -0.39 is 18.2 Å². The minimum atomic E-state index is -0.485. The molecule has 1 fully saturated rings. The molecule has 2 heterocycles. The molecule has 0 saturated carbocycles. The summed E-state index contributed by atoms with van der Waals surface area (Å²) in [4.78, 5) is 34.1. The van der Waals surface area contributed by atoms with Gasteiger partial charge >= 0.3 is 6.03 Å². The van der Waals surface area contributed by atoms with Gasteiger partial charge in [-0.2, -0.15) is 0 Å². The molecule has 6 nitrogen and oxygen atoms in total. The van der Waals surface area contributed by atoms with Crippen LogP contribution in [0.4, 0.5) is 4.79 Å². The molecule has 0 spiro atoms. The summed E-state index contributed by atoms with van der Waals surface area (Å²) in [6.45, 7) is 2.75. The number of nitrogens with zero attached hydrogens (tertiary/aromatic N) is 3. The highest BCUT2D eigenvalue weighted by Crippen LogP contribution is 2.32. The Balaban J connectivity index is 1.54. The van der Waals surface area contributed by atoms with Crippen molar-refractivity contribution >= 4 is 28.9 Å². The van der Waals surface area contributed by atoms with Crippen molar-refractivity contribution in [3.63, 3.8) is 0 Å². The summed E-state index contributed by atoms with van der Waals surface area (Å²) in [5.41, 5.74) is 2.47. The number of amides is 3. The number of thioether (sulfide) groups is 1. The maximum atomic E-state index is 12.6. The second kappa shape index (κ2) is 8.29. The van der Waals surface area contributed by atoms with Crippen molar-refractivity contribution in [2.75, 3.05) is 13.6 Å². The first kappa shape index (κ1) is 19.5. The molecule has 0 bridgehead atoms. The van der Waals surface area contributed by atoms with Crippen molar-refractivity contribution in [2.45, 2.75) is 36.9 Å². The lowest BCUT2D eigenvalue weighted by molar-refractivity contribution is -0.127. The summed E-state index contributed by atoms with van der Waals surface area (Å²) in [5, 5.41) is 3.24. The molecule has 2 aromatic carbocycles. The van der Waals surface area contributed by atoms with Gasteiger partial charge in [-0.1, -0.05) is 59.8 Å². The maximum Gasteiger partial charge on any atom is 0.325 e. The number of urea groups is 1. The normalized spacial score (nSPS) is 21.1. The molecule has 4 rings (SSSR count). The van der Waals surface area contributed by atoms with Gasteiger partial charge < -0.3 is 9.80 Å². The summed E-state index contributed by atoms with van der Waals surface area (Å²) >= 11 is 1.54. The predicted molar refractivity (Wildman–Crippen MR) is 115 cm³/mol. The molecule has 0 aliphatic carbocycles. The lowest BCUT2D eigenvalue weighted by Crippen LogP contribution is -2.63. The molecule has 29 heavy (non-hydrogen) atoms. The third kappa shape index (κ3) is 4.15. The van der Waals surface area contributed by atoms with E-state index in [0.29, 0.717) is 6.54 Å². The fourth-order valence-electron chi connectivity index (χ4n) is 3.63. The maximum absolute atomic E-state index is 12.6. The van der Waals surface area contributed by atoms with E-state index in [2.05, 4.69) is 53.5 Å². The average molecular weight is 409 g/mol. The van der Waals surface area contributed by atoms with E-state index in [0.717, 1.165) is 22.9 Å². The zero-order valence-electron chi connectivity index (χ0n) is 16.5. The lowest BCUT2D eigenvalue weighted by atomic mass is 10.1.